The molecule has 0 atom stereocenters. The summed E-state index contributed by atoms with van der Waals surface area (Å²) in [6.45, 7) is 1.98. The van der Waals surface area contributed by atoms with Gasteiger partial charge < -0.3 is 10.6 Å². The molecule has 0 spiro atoms. The summed E-state index contributed by atoms with van der Waals surface area (Å²) in [5.74, 6) is -0.0702. The van der Waals surface area contributed by atoms with Crippen molar-refractivity contribution in [3.8, 4) is 0 Å². The summed E-state index contributed by atoms with van der Waals surface area (Å²) < 4.78 is 0. The second-order valence-electron chi connectivity index (χ2n) is 4.35. The van der Waals surface area contributed by atoms with Crippen molar-refractivity contribution in [2.45, 2.75) is 32.4 Å². The first-order valence-corrected chi connectivity index (χ1v) is 5.79. The molecule has 4 heteroatoms. The lowest BCUT2D eigenvalue weighted by molar-refractivity contribution is -0.119. The lowest BCUT2D eigenvalue weighted by Gasteiger charge is -2.05. The topological polar surface area (TPSA) is 58.2 Å². The largest absolute Gasteiger partial charge is 0.352 e. The van der Waals surface area contributed by atoms with Crippen LogP contribution in [0.2, 0.25) is 0 Å². The van der Waals surface area contributed by atoms with Crippen LogP contribution in [0.3, 0.4) is 0 Å². The molecule has 1 aliphatic carbocycles. The first-order chi connectivity index (χ1) is 8.15. The van der Waals surface area contributed by atoms with Crippen LogP contribution in [-0.2, 0) is 11.3 Å². The minimum absolute atomic E-state index is 0.0152. The molecule has 1 saturated carbocycles. The lowest BCUT2D eigenvalue weighted by Crippen LogP contribution is -2.25. The fourth-order valence-electron chi connectivity index (χ4n) is 1.50. The summed E-state index contributed by atoms with van der Waals surface area (Å²) >= 11 is 0. The predicted octanol–water partition coefficient (Wildman–Crippen LogP) is 1.21. The second kappa shape index (κ2) is 4.99. The van der Waals surface area contributed by atoms with Crippen LogP contribution in [0.25, 0.3) is 0 Å². The van der Waals surface area contributed by atoms with Crippen molar-refractivity contribution in [1.29, 1.82) is 0 Å². The molecule has 0 saturated heterocycles. The number of nitrogens with one attached hydrogen (secondary N) is 2. The maximum Gasteiger partial charge on any atom is 0.251 e. The number of hydrogen-bond acceptors (Lipinski definition) is 2. The third-order valence-electron chi connectivity index (χ3n) is 2.67. The zero-order chi connectivity index (χ0) is 12.3. The summed E-state index contributed by atoms with van der Waals surface area (Å²) in [6.07, 6.45) is 2.18. The molecule has 2 amide bonds. The molecule has 2 rings (SSSR count). The van der Waals surface area contributed by atoms with Crippen LogP contribution in [0, 0.1) is 0 Å². The van der Waals surface area contributed by atoms with E-state index >= 15 is 0 Å². The molecule has 4 nitrogen and oxygen atoms in total. The van der Waals surface area contributed by atoms with E-state index in [1.165, 1.54) is 6.92 Å². The minimum Gasteiger partial charge on any atom is -0.352 e. The maximum atomic E-state index is 11.7. The average Bonchev–Trinajstić information content (AvgIpc) is 3.11. The van der Waals surface area contributed by atoms with Crippen molar-refractivity contribution in [1.82, 2.24) is 10.6 Å². The van der Waals surface area contributed by atoms with Gasteiger partial charge in [-0.25, -0.2) is 0 Å². The SMILES string of the molecule is CC(=O)NCc1ccc(C(=O)NC2CC2)cc1. The van der Waals surface area contributed by atoms with Gasteiger partial charge in [-0.3, -0.25) is 9.59 Å². The third-order valence-corrected chi connectivity index (χ3v) is 2.67. The standard InChI is InChI=1S/C13H16N2O2/c1-9(16)14-8-10-2-4-11(5-3-10)13(17)15-12-6-7-12/h2-5,12H,6-8H2,1H3,(H,14,16)(H,15,17). The first kappa shape index (κ1) is 11.6. The summed E-state index contributed by atoms with van der Waals surface area (Å²) in [6, 6.07) is 7.67. The summed E-state index contributed by atoms with van der Waals surface area (Å²) in [5, 5.41) is 5.64. The predicted molar refractivity (Wildman–Crippen MR) is 64.5 cm³/mol. The van der Waals surface area contributed by atoms with Crippen LogP contribution in [0.1, 0.15) is 35.7 Å². The number of hydrogen-bond donors (Lipinski definition) is 2. The first-order valence-electron chi connectivity index (χ1n) is 5.79. The Labute approximate surface area is 100 Å². The van der Waals surface area contributed by atoms with Gasteiger partial charge in [0.1, 0.15) is 0 Å². The zero-order valence-corrected chi connectivity index (χ0v) is 9.82. The van der Waals surface area contributed by atoms with Gasteiger partial charge >= 0.3 is 0 Å². The van der Waals surface area contributed by atoms with Gasteiger partial charge in [-0.15, -0.1) is 0 Å². The van der Waals surface area contributed by atoms with E-state index in [4.69, 9.17) is 0 Å². The highest BCUT2D eigenvalue weighted by Crippen LogP contribution is 2.19. The molecule has 0 heterocycles. The van der Waals surface area contributed by atoms with Crippen LogP contribution in [-0.4, -0.2) is 17.9 Å². The molecule has 17 heavy (non-hydrogen) atoms. The van der Waals surface area contributed by atoms with E-state index in [1.54, 1.807) is 12.1 Å². The van der Waals surface area contributed by atoms with Crippen molar-refractivity contribution >= 4 is 11.8 Å². The van der Waals surface area contributed by atoms with Crippen LogP contribution in [0.4, 0.5) is 0 Å². The van der Waals surface area contributed by atoms with Gasteiger partial charge in [-0.05, 0) is 30.5 Å². The fourth-order valence-corrected chi connectivity index (χ4v) is 1.50. The Bertz CT molecular complexity index is 422. The van der Waals surface area contributed by atoms with Crippen molar-refractivity contribution in [3.63, 3.8) is 0 Å². The van der Waals surface area contributed by atoms with Crippen molar-refractivity contribution in [2.75, 3.05) is 0 Å². The second-order valence-corrected chi connectivity index (χ2v) is 4.35. The van der Waals surface area contributed by atoms with E-state index in [-0.39, 0.29) is 11.8 Å². The number of carbonyl (C=O) groups excluding carboxylic acids is 2. The Morgan fingerprint density at radius 1 is 1.24 bits per heavy atom. The average molecular weight is 232 g/mol. The van der Waals surface area contributed by atoms with Gasteiger partial charge in [0, 0.05) is 25.1 Å². The monoisotopic (exact) mass is 232 g/mol. The van der Waals surface area contributed by atoms with Gasteiger partial charge in [-0.2, -0.15) is 0 Å². The van der Waals surface area contributed by atoms with Crippen LogP contribution in [0.5, 0.6) is 0 Å². The minimum atomic E-state index is -0.0550. The maximum absolute atomic E-state index is 11.7. The Hall–Kier alpha value is -1.84. The summed E-state index contributed by atoms with van der Waals surface area (Å²) in [5.41, 5.74) is 1.66. The van der Waals surface area contributed by atoms with E-state index in [2.05, 4.69) is 10.6 Å². The molecule has 0 radical (unpaired) electrons. The molecule has 1 aromatic carbocycles. The Kier molecular flexibility index (Phi) is 3.42. The van der Waals surface area contributed by atoms with E-state index in [0.29, 0.717) is 18.2 Å². The van der Waals surface area contributed by atoms with Gasteiger partial charge in [0.15, 0.2) is 0 Å². The Morgan fingerprint density at radius 2 is 1.88 bits per heavy atom. The molecule has 0 aliphatic heterocycles. The van der Waals surface area contributed by atoms with E-state index in [0.717, 1.165) is 18.4 Å². The third kappa shape index (κ3) is 3.59. The van der Waals surface area contributed by atoms with E-state index < -0.39 is 0 Å². The highest BCUT2D eigenvalue weighted by molar-refractivity contribution is 5.94. The normalized spacial score (nSPS) is 14.2. The molecular weight excluding hydrogens is 216 g/mol. The van der Waals surface area contributed by atoms with E-state index in [1.807, 2.05) is 12.1 Å². The Morgan fingerprint density at radius 3 is 2.41 bits per heavy atom. The van der Waals surface area contributed by atoms with Crippen LogP contribution < -0.4 is 10.6 Å². The van der Waals surface area contributed by atoms with Crippen molar-refractivity contribution in [3.05, 3.63) is 35.4 Å². The number of rotatable bonds is 4. The zero-order valence-electron chi connectivity index (χ0n) is 9.82. The highest BCUT2D eigenvalue weighted by atomic mass is 16.2. The number of benzene rings is 1. The molecule has 1 aliphatic rings. The molecule has 90 valence electrons. The van der Waals surface area contributed by atoms with Gasteiger partial charge in [0.2, 0.25) is 5.91 Å². The van der Waals surface area contributed by atoms with Gasteiger partial charge in [0.05, 0.1) is 0 Å². The number of amides is 2. The summed E-state index contributed by atoms with van der Waals surface area (Å²) in [7, 11) is 0. The molecule has 0 bridgehead atoms. The fraction of sp³-hybridized carbons (Fsp3) is 0.385. The van der Waals surface area contributed by atoms with Gasteiger partial charge in [-0.1, -0.05) is 12.1 Å². The van der Waals surface area contributed by atoms with Crippen molar-refractivity contribution in [2.24, 2.45) is 0 Å². The molecule has 1 aromatic rings. The molecular formula is C13H16N2O2. The number of carbonyl (C=O) groups is 2. The van der Waals surface area contributed by atoms with Gasteiger partial charge in [0.25, 0.3) is 5.91 Å². The molecule has 0 unspecified atom stereocenters. The molecule has 1 fully saturated rings. The highest BCUT2D eigenvalue weighted by Gasteiger charge is 2.23. The Balaban J connectivity index is 1.91. The summed E-state index contributed by atoms with van der Waals surface area (Å²) in [4.78, 5) is 22.4. The smallest absolute Gasteiger partial charge is 0.251 e. The van der Waals surface area contributed by atoms with Crippen LogP contribution >= 0.6 is 0 Å². The quantitative estimate of drug-likeness (QED) is 0.820. The van der Waals surface area contributed by atoms with Crippen molar-refractivity contribution < 1.29 is 9.59 Å². The van der Waals surface area contributed by atoms with Crippen LogP contribution in [0.15, 0.2) is 24.3 Å². The lowest BCUT2D eigenvalue weighted by atomic mass is 10.1. The molecule has 0 aromatic heterocycles. The molecule has 2 N–H and O–H groups in total. The van der Waals surface area contributed by atoms with E-state index in [9.17, 15) is 9.59 Å².